The van der Waals surface area contributed by atoms with Crippen molar-refractivity contribution in [3.63, 3.8) is 0 Å². The molecule has 0 radical (unpaired) electrons. The van der Waals surface area contributed by atoms with E-state index in [9.17, 15) is 4.79 Å². The lowest BCUT2D eigenvalue weighted by Gasteiger charge is -1.97. The number of hydrogen-bond donors (Lipinski definition) is 0. The standard InChI is InChI=1S/C8H5BrN2O/c9-7-3-6(5-12)4-11-2-1-10-8(7)11/h1-5H. The largest absolute Gasteiger partial charge is 0.305 e. The summed E-state index contributed by atoms with van der Waals surface area (Å²) >= 11 is 3.33. The predicted octanol–water partition coefficient (Wildman–Crippen LogP) is 1.91. The molecule has 0 unspecified atom stereocenters. The smallest absolute Gasteiger partial charge is 0.151 e. The molecule has 0 aliphatic rings. The summed E-state index contributed by atoms with van der Waals surface area (Å²) in [7, 11) is 0. The molecule has 0 spiro atoms. The first kappa shape index (κ1) is 7.49. The molecule has 2 aromatic rings. The Bertz CT molecular complexity index is 436. The third-order valence-corrected chi connectivity index (χ3v) is 2.18. The number of halogens is 1. The van der Waals surface area contributed by atoms with Gasteiger partial charge in [-0.15, -0.1) is 0 Å². The number of hydrogen-bond acceptors (Lipinski definition) is 2. The first-order chi connectivity index (χ1) is 5.81. The minimum absolute atomic E-state index is 0.632. The van der Waals surface area contributed by atoms with Crippen LogP contribution in [0.3, 0.4) is 0 Å². The van der Waals surface area contributed by atoms with Crippen LogP contribution in [0.15, 0.2) is 29.1 Å². The maximum atomic E-state index is 10.5. The molecule has 0 N–H and O–H groups in total. The molecule has 4 heteroatoms. The molecule has 0 atom stereocenters. The van der Waals surface area contributed by atoms with E-state index >= 15 is 0 Å². The summed E-state index contributed by atoms with van der Waals surface area (Å²) in [5, 5.41) is 0. The molecule has 3 nitrogen and oxygen atoms in total. The first-order valence-electron chi connectivity index (χ1n) is 3.38. The van der Waals surface area contributed by atoms with Gasteiger partial charge in [-0.25, -0.2) is 4.98 Å². The van der Waals surface area contributed by atoms with Crippen molar-refractivity contribution < 1.29 is 4.79 Å². The molecule has 2 aromatic heterocycles. The van der Waals surface area contributed by atoms with Crippen LogP contribution < -0.4 is 0 Å². The average molecular weight is 225 g/mol. The van der Waals surface area contributed by atoms with Crippen molar-refractivity contribution in [3.05, 3.63) is 34.7 Å². The molecule has 12 heavy (non-hydrogen) atoms. The topological polar surface area (TPSA) is 34.4 Å². The SMILES string of the molecule is O=Cc1cc(Br)c2nccn2c1. The third-order valence-electron chi connectivity index (χ3n) is 1.60. The average Bonchev–Trinajstić information content (AvgIpc) is 2.52. The number of carbonyl (C=O) groups excluding carboxylic acids is 1. The molecule has 0 saturated heterocycles. The molecule has 60 valence electrons. The lowest BCUT2D eigenvalue weighted by Crippen LogP contribution is -1.88. The van der Waals surface area contributed by atoms with Crippen molar-refractivity contribution in [1.29, 1.82) is 0 Å². The van der Waals surface area contributed by atoms with Gasteiger partial charge in [-0.1, -0.05) is 0 Å². The summed E-state index contributed by atoms with van der Waals surface area (Å²) < 4.78 is 2.63. The highest BCUT2D eigenvalue weighted by atomic mass is 79.9. The number of pyridine rings is 1. The Hall–Kier alpha value is -1.16. The second-order valence-electron chi connectivity index (χ2n) is 2.40. The van der Waals surface area contributed by atoms with Crippen molar-refractivity contribution in [2.45, 2.75) is 0 Å². The van der Waals surface area contributed by atoms with E-state index in [-0.39, 0.29) is 0 Å². The Labute approximate surface area is 77.2 Å². The number of aldehydes is 1. The van der Waals surface area contributed by atoms with Gasteiger partial charge in [-0.3, -0.25) is 4.79 Å². The lowest BCUT2D eigenvalue weighted by atomic mass is 10.3. The van der Waals surface area contributed by atoms with Gasteiger partial charge in [0.25, 0.3) is 0 Å². The van der Waals surface area contributed by atoms with Gasteiger partial charge in [-0.05, 0) is 22.0 Å². The summed E-state index contributed by atoms with van der Waals surface area (Å²) in [6.07, 6.45) is 6.03. The van der Waals surface area contributed by atoms with E-state index in [0.717, 1.165) is 16.4 Å². The second-order valence-corrected chi connectivity index (χ2v) is 3.25. The van der Waals surface area contributed by atoms with Gasteiger partial charge in [0.05, 0.1) is 4.47 Å². The minimum atomic E-state index is 0.632. The van der Waals surface area contributed by atoms with Crippen LogP contribution in [0.5, 0.6) is 0 Å². The molecule has 2 rings (SSSR count). The molecule has 0 aliphatic heterocycles. The van der Waals surface area contributed by atoms with Gasteiger partial charge < -0.3 is 4.40 Å². The molecular formula is C8H5BrN2O. The summed E-state index contributed by atoms with van der Waals surface area (Å²) in [6.45, 7) is 0. The van der Waals surface area contributed by atoms with Gasteiger partial charge in [0.15, 0.2) is 11.9 Å². The zero-order valence-electron chi connectivity index (χ0n) is 6.07. The zero-order valence-corrected chi connectivity index (χ0v) is 7.65. The summed E-state index contributed by atoms with van der Waals surface area (Å²) in [5.41, 5.74) is 1.45. The van der Waals surface area contributed by atoms with Crippen molar-refractivity contribution in [2.75, 3.05) is 0 Å². The molecule has 0 amide bonds. The van der Waals surface area contributed by atoms with Gasteiger partial charge in [0.1, 0.15) is 0 Å². The quantitative estimate of drug-likeness (QED) is 0.694. The van der Waals surface area contributed by atoms with E-state index in [4.69, 9.17) is 0 Å². The van der Waals surface area contributed by atoms with Crippen LogP contribution in [0.1, 0.15) is 10.4 Å². The van der Waals surface area contributed by atoms with Gasteiger partial charge in [0, 0.05) is 24.2 Å². The van der Waals surface area contributed by atoms with E-state index in [1.54, 1.807) is 29.1 Å². The van der Waals surface area contributed by atoms with Gasteiger partial charge >= 0.3 is 0 Å². The highest BCUT2D eigenvalue weighted by Crippen LogP contribution is 2.17. The van der Waals surface area contributed by atoms with Crippen molar-refractivity contribution in [1.82, 2.24) is 9.38 Å². The Balaban J connectivity index is 2.83. The first-order valence-corrected chi connectivity index (χ1v) is 4.18. The maximum absolute atomic E-state index is 10.5. The highest BCUT2D eigenvalue weighted by molar-refractivity contribution is 9.10. The fourth-order valence-corrected chi connectivity index (χ4v) is 1.65. The number of rotatable bonds is 1. The van der Waals surface area contributed by atoms with E-state index in [0.29, 0.717) is 5.56 Å². The van der Waals surface area contributed by atoms with E-state index in [2.05, 4.69) is 20.9 Å². The van der Waals surface area contributed by atoms with Crippen LogP contribution in [0.4, 0.5) is 0 Å². The summed E-state index contributed by atoms with van der Waals surface area (Å²) in [6, 6.07) is 1.75. The maximum Gasteiger partial charge on any atom is 0.151 e. The minimum Gasteiger partial charge on any atom is -0.305 e. The van der Waals surface area contributed by atoms with Crippen LogP contribution in [-0.4, -0.2) is 15.7 Å². The van der Waals surface area contributed by atoms with Crippen LogP contribution in [0.2, 0.25) is 0 Å². The fourth-order valence-electron chi connectivity index (χ4n) is 1.08. The number of fused-ring (bicyclic) bond motifs is 1. The molecule has 0 bridgehead atoms. The number of imidazole rings is 1. The molecule has 0 fully saturated rings. The molecule has 0 aliphatic carbocycles. The summed E-state index contributed by atoms with van der Waals surface area (Å²) in [4.78, 5) is 14.6. The number of nitrogens with zero attached hydrogens (tertiary/aromatic N) is 2. The lowest BCUT2D eigenvalue weighted by molar-refractivity contribution is 0.112. The van der Waals surface area contributed by atoms with Gasteiger partial charge in [0.2, 0.25) is 0 Å². The molecule has 0 aromatic carbocycles. The fraction of sp³-hybridized carbons (Fsp3) is 0. The Morgan fingerprint density at radius 3 is 3.17 bits per heavy atom. The zero-order chi connectivity index (χ0) is 8.55. The van der Waals surface area contributed by atoms with E-state index < -0.39 is 0 Å². The normalized spacial score (nSPS) is 10.4. The van der Waals surface area contributed by atoms with Crippen molar-refractivity contribution in [2.24, 2.45) is 0 Å². The molecule has 2 heterocycles. The Morgan fingerprint density at radius 1 is 1.58 bits per heavy atom. The number of carbonyl (C=O) groups is 1. The van der Waals surface area contributed by atoms with E-state index in [1.165, 1.54) is 0 Å². The van der Waals surface area contributed by atoms with Crippen molar-refractivity contribution in [3.8, 4) is 0 Å². The van der Waals surface area contributed by atoms with E-state index in [1.807, 2.05) is 0 Å². The Morgan fingerprint density at radius 2 is 2.42 bits per heavy atom. The van der Waals surface area contributed by atoms with Crippen LogP contribution >= 0.6 is 15.9 Å². The number of aromatic nitrogens is 2. The predicted molar refractivity (Wildman–Crippen MR) is 48.3 cm³/mol. The molecule has 0 saturated carbocycles. The summed E-state index contributed by atoms with van der Waals surface area (Å²) in [5.74, 6) is 0. The molecular weight excluding hydrogens is 220 g/mol. The third kappa shape index (κ3) is 1.04. The van der Waals surface area contributed by atoms with Crippen LogP contribution in [0, 0.1) is 0 Å². The van der Waals surface area contributed by atoms with Crippen molar-refractivity contribution >= 4 is 27.9 Å². The second kappa shape index (κ2) is 2.71. The van der Waals surface area contributed by atoms with Gasteiger partial charge in [-0.2, -0.15) is 0 Å². The monoisotopic (exact) mass is 224 g/mol. The highest BCUT2D eigenvalue weighted by Gasteiger charge is 2.01. The van der Waals surface area contributed by atoms with Crippen LogP contribution in [-0.2, 0) is 0 Å². The van der Waals surface area contributed by atoms with Crippen LogP contribution in [0.25, 0.3) is 5.65 Å². The Kier molecular flexibility index (Phi) is 1.69.